The van der Waals surface area contributed by atoms with Crippen LogP contribution in [0.5, 0.6) is 0 Å². The van der Waals surface area contributed by atoms with Gasteiger partial charge in [0, 0.05) is 64.8 Å². The van der Waals surface area contributed by atoms with Crippen molar-refractivity contribution in [1.82, 2.24) is 0 Å². The first-order valence-corrected chi connectivity index (χ1v) is 16.2. The average Bonchev–Trinajstić information content (AvgIpc) is 3.78. The van der Waals surface area contributed by atoms with Gasteiger partial charge in [-0.2, -0.15) is 0 Å². The fourth-order valence-corrected chi connectivity index (χ4v) is 7.99. The third-order valence-electron chi connectivity index (χ3n) is 9.04. The second-order valence-corrected chi connectivity index (χ2v) is 12.8. The molecule has 0 bridgehead atoms. The monoisotopic (exact) mass is 607 g/mol. The number of rotatable bonds is 4. The van der Waals surface area contributed by atoms with E-state index in [1.807, 2.05) is 23.5 Å². The minimum atomic E-state index is 0.865. The van der Waals surface area contributed by atoms with Crippen LogP contribution in [-0.4, -0.2) is 0 Å². The van der Waals surface area contributed by atoms with Crippen LogP contribution in [0.3, 0.4) is 0 Å². The van der Waals surface area contributed by atoms with E-state index in [2.05, 4.69) is 144 Å². The quantitative estimate of drug-likeness (QED) is 0.199. The number of nitrogens with zero attached hydrogens (tertiary/aromatic N) is 1. The number of fused-ring (bicyclic) bond motifs is 9. The molecule has 0 aliphatic carbocycles. The van der Waals surface area contributed by atoms with E-state index in [0.29, 0.717) is 0 Å². The van der Waals surface area contributed by atoms with Crippen molar-refractivity contribution in [3.8, 4) is 11.1 Å². The fraction of sp³-hybridized carbons (Fsp3) is 0. The number of para-hydroxylation sites is 1. The van der Waals surface area contributed by atoms with Crippen molar-refractivity contribution in [3.05, 3.63) is 152 Å². The molecule has 3 aromatic heterocycles. The van der Waals surface area contributed by atoms with Crippen LogP contribution in [0.4, 0.5) is 17.1 Å². The Bertz CT molecular complexity index is 2770. The zero-order valence-corrected chi connectivity index (χ0v) is 25.4. The van der Waals surface area contributed by atoms with Crippen LogP contribution in [-0.2, 0) is 0 Å². The summed E-state index contributed by atoms with van der Waals surface area (Å²) in [4.78, 5) is 2.32. The number of thiophene rings is 1. The largest absolute Gasteiger partial charge is 0.456 e. The first-order valence-electron chi connectivity index (χ1n) is 15.4. The lowest BCUT2D eigenvalue weighted by atomic mass is 10.0. The van der Waals surface area contributed by atoms with E-state index in [1.165, 1.54) is 25.7 Å². The van der Waals surface area contributed by atoms with Crippen molar-refractivity contribution in [2.24, 2.45) is 0 Å². The van der Waals surface area contributed by atoms with Gasteiger partial charge in [0.2, 0.25) is 0 Å². The Labute approximate surface area is 268 Å². The highest BCUT2D eigenvalue weighted by Crippen LogP contribution is 2.43. The SMILES string of the molecule is c1ccc(-c2cccc(N(c3ccc4c(c3)oc3ccccc34)c3ccc4oc5cc6sc7ccccc7c6cc5c4c3)c2)cc1. The first kappa shape index (κ1) is 25.5. The Morgan fingerprint density at radius 1 is 0.348 bits per heavy atom. The van der Waals surface area contributed by atoms with E-state index in [0.717, 1.165) is 66.5 Å². The van der Waals surface area contributed by atoms with Gasteiger partial charge < -0.3 is 13.7 Å². The lowest BCUT2D eigenvalue weighted by Gasteiger charge is -2.26. The van der Waals surface area contributed by atoms with Gasteiger partial charge in [-0.1, -0.05) is 78.9 Å². The number of anilines is 3. The number of furan rings is 2. The molecule has 216 valence electrons. The molecule has 0 radical (unpaired) electrons. The minimum absolute atomic E-state index is 0.865. The van der Waals surface area contributed by atoms with E-state index >= 15 is 0 Å². The van der Waals surface area contributed by atoms with Crippen molar-refractivity contribution < 1.29 is 8.83 Å². The Morgan fingerprint density at radius 3 is 1.91 bits per heavy atom. The predicted octanol–water partition coefficient (Wildman–Crippen LogP) is 13.0. The van der Waals surface area contributed by atoms with Crippen LogP contribution in [0.25, 0.3) is 75.2 Å². The van der Waals surface area contributed by atoms with Gasteiger partial charge in [0.1, 0.15) is 22.3 Å². The molecule has 0 spiro atoms. The van der Waals surface area contributed by atoms with Crippen LogP contribution < -0.4 is 4.90 Å². The van der Waals surface area contributed by atoms with Crippen LogP contribution in [0.1, 0.15) is 0 Å². The van der Waals surface area contributed by atoms with Crippen LogP contribution >= 0.6 is 11.3 Å². The Morgan fingerprint density at radius 2 is 1.00 bits per heavy atom. The smallest absolute Gasteiger partial charge is 0.137 e. The van der Waals surface area contributed by atoms with E-state index in [9.17, 15) is 0 Å². The summed E-state index contributed by atoms with van der Waals surface area (Å²) in [6, 6.07) is 53.7. The summed E-state index contributed by atoms with van der Waals surface area (Å²) >= 11 is 1.81. The standard InChI is InChI=1S/C42H25NO2S/c1-2-9-26(10-3-1)27-11-8-12-28(21-27)43(30-17-19-32-31-13-4-6-15-37(31)44-39(32)23-30)29-18-20-38-34(22-29)35-24-36-33-14-5-7-16-41(33)46-42(36)25-40(35)45-38/h1-25H. The second kappa shape index (κ2) is 9.83. The molecule has 0 saturated carbocycles. The second-order valence-electron chi connectivity index (χ2n) is 11.8. The predicted molar refractivity (Wildman–Crippen MR) is 194 cm³/mol. The minimum Gasteiger partial charge on any atom is -0.456 e. The summed E-state index contributed by atoms with van der Waals surface area (Å²) < 4.78 is 15.3. The molecular weight excluding hydrogens is 583 g/mol. The molecule has 0 aliphatic heterocycles. The Hall–Kier alpha value is -5.84. The van der Waals surface area contributed by atoms with Gasteiger partial charge in [0.25, 0.3) is 0 Å². The topological polar surface area (TPSA) is 29.5 Å². The van der Waals surface area contributed by atoms with Crippen molar-refractivity contribution in [1.29, 1.82) is 0 Å². The van der Waals surface area contributed by atoms with Crippen molar-refractivity contribution in [3.63, 3.8) is 0 Å². The lowest BCUT2D eigenvalue weighted by Crippen LogP contribution is -2.09. The third kappa shape index (κ3) is 3.91. The molecule has 0 aliphatic rings. The molecule has 3 nitrogen and oxygen atoms in total. The first-order chi connectivity index (χ1) is 22.8. The lowest BCUT2D eigenvalue weighted by molar-refractivity contribution is 0.668. The summed E-state index contributed by atoms with van der Waals surface area (Å²) in [5, 5.41) is 7.01. The summed E-state index contributed by atoms with van der Waals surface area (Å²) in [5.41, 5.74) is 9.03. The average molecular weight is 608 g/mol. The maximum Gasteiger partial charge on any atom is 0.137 e. The zero-order chi connectivity index (χ0) is 30.2. The van der Waals surface area contributed by atoms with E-state index < -0.39 is 0 Å². The van der Waals surface area contributed by atoms with Crippen molar-refractivity contribution in [2.45, 2.75) is 0 Å². The number of benzene rings is 7. The highest BCUT2D eigenvalue weighted by atomic mass is 32.1. The molecule has 10 aromatic rings. The molecule has 0 atom stereocenters. The fourth-order valence-electron chi connectivity index (χ4n) is 6.88. The molecule has 0 fully saturated rings. The normalized spacial score (nSPS) is 11.9. The highest BCUT2D eigenvalue weighted by molar-refractivity contribution is 7.25. The molecule has 3 heterocycles. The molecule has 0 amide bonds. The summed E-state index contributed by atoms with van der Waals surface area (Å²) in [6.07, 6.45) is 0. The maximum absolute atomic E-state index is 6.44. The molecule has 0 unspecified atom stereocenters. The van der Waals surface area contributed by atoms with Gasteiger partial charge in [-0.3, -0.25) is 0 Å². The van der Waals surface area contributed by atoms with Gasteiger partial charge in [-0.15, -0.1) is 11.3 Å². The molecule has 4 heteroatoms. The van der Waals surface area contributed by atoms with E-state index in [-0.39, 0.29) is 0 Å². The molecule has 0 N–H and O–H groups in total. The molecule has 10 rings (SSSR count). The molecule has 0 saturated heterocycles. The highest BCUT2D eigenvalue weighted by Gasteiger charge is 2.19. The van der Waals surface area contributed by atoms with E-state index in [1.54, 1.807) is 0 Å². The number of hydrogen-bond acceptors (Lipinski definition) is 4. The summed E-state index contributed by atoms with van der Waals surface area (Å²) in [5.74, 6) is 0. The van der Waals surface area contributed by atoms with Crippen LogP contribution in [0, 0.1) is 0 Å². The maximum atomic E-state index is 6.44. The van der Waals surface area contributed by atoms with Gasteiger partial charge in [0.15, 0.2) is 0 Å². The van der Waals surface area contributed by atoms with E-state index in [4.69, 9.17) is 8.83 Å². The summed E-state index contributed by atoms with van der Waals surface area (Å²) in [7, 11) is 0. The molecule has 7 aromatic carbocycles. The van der Waals surface area contributed by atoms with Gasteiger partial charge in [0.05, 0.1) is 0 Å². The third-order valence-corrected chi connectivity index (χ3v) is 10.2. The Kier molecular flexibility index (Phi) is 5.45. The van der Waals surface area contributed by atoms with Crippen molar-refractivity contribution in [2.75, 3.05) is 4.90 Å². The van der Waals surface area contributed by atoms with Gasteiger partial charge in [-0.25, -0.2) is 0 Å². The van der Waals surface area contributed by atoms with Crippen LogP contribution in [0.2, 0.25) is 0 Å². The van der Waals surface area contributed by atoms with Crippen LogP contribution in [0.15, 0.2) is 160 Å². The Balaban J connectivity index is 1.20. The van der Waals surface area contributed by atoms with Crippen molar-refractivity contribution >= 4 is 92.4 Å². The van der Waals surface area contributed by atoms with Gasteiger partial charge >= 0.3 is 0 Å². The van der Waals surface area contributed by atoms with Gasteiger partial charge in [-0.05, 0) is 77.9 Å². The summed E-state index contributed by atoms with van der Waals surface area (Å²) in [6.45, 7) is 0. The molecular formula is C42H25NO2S. The zero-order valence-electron chi connectivity index (χ0n) is 24.6. The molecule has 46 heavy (non-hydrogen) atoms. The number of hydrogen-bond donors (Lipinski definition) is 0.